The molecule has 5 heteroatoms. The Morgan fingerprint density at radius 2 is 1.78 bits per heavy atom. The summed E-state index contributed by atoms with van der Waals surface area (Å²) in [5.74, 6) is -3.04. The molecular formula is C13H18F3NO. The third-order valence-corrected chi connectivity index (χ3v) is 2.83. The number of aliphatic hydroxyl groups is 1. The third kappa shape index (κ3) is 3.71. The maximum absolute atomic E-state index is 13.5. The minimum Gasteiger partial charge on any atom is -0.391 e. The predicted molar refractivity (Wildman–Crippen MR) is 63.3 cm³/mol. The highest BCUT2D eigenvalue weighted by molar-refractivity contribution is 5.24. The molecule has 0 bridgehead atoms. The zero-order valence-electron chi connectivity index (χ0n) is 10.5. The molecule has 2 atom stereocenters. The van der Waals surface area contributed by atoms with Crippen molar-refractivity contribution < 1.29 is 18.3 Å². The van der Waals surface area contributed by atoms with Gasteiger partial charge in [0.25, 0.3) is 0 Å². The van der Waals surface area contributed by atoms with Gasteiger partial charge in [-0.05, 0) is 24.8 Å². The van der Waals surface area contributed by atoms with E-state index in [9.17, 15) is 18.3 Å². The van der Waals surface area contributed by atoms with Crippen LogP contribution in [0.3, 0.4) is 0 Å². The van der Waals surface area contributed by atoms with Crippen LogP contribution >= 0.6 is 0 Å². The van der Waals surface area contributed by atoms with Gasteiger partial charge in [0.1, 0.15) is 5.82 Å². The highest BCUT2D eigenvalue weighted by Gasteiger charge is 2.23. The van der Waals surface area contributed by atoms with Crippen molar-refractivity contribution in [2.75, 3.05) is 0 Å². The minimum atomic E-state index is -1.29. The topological polar surface area (TPSA) is 46.2 Å². The largest absolute Gasteiger partial charge is 0.391 e. The van der Waals surface area contributed by atoms with Gasteiger partial charge in [-0.25, -0.2) is 13.2 Å². The molecule has 102 valence electrons. The van der Waals surface area contributed by atoms with Gasteiger partial charge in [-0.3, -0.25) is 0 Å². The number of hydrogen-bond donors (Lipinski definition) is 2. The molecule has 0 unspecified atom stereocenters. The Hall–Kier alpha value is -1.07. The zero-order chi connectivity index (χ0) is 13.9. The molecule has 1 rings (SSSR count). The lowest BCUT2D eigenvalue weighted by molar-refractivity contribution is 0.126. The lowest BCUT2D eigenvalue weighted by atomic mass is 9.95. The van der Waals surface area contributed by atoms with E-state index in [1.165, 1.54) is 0 Å². The van der Waals surface area contributed by atoms with Crippen LogP contribution in [-0.2, 0) is 0 Å². The van der Waals surface area contributed by atoms with Crippen LogP contribution in [0.2, 0.25) is 0 Å². The van der Waals surface area contributed by atoms with Gasteiger partial charge in [0.2, 0.25) is 0 Å². The van der Waals surface area contributed by atoms with Crippen LogP contribution in [0, 0.1) is 23.4 Å². The second-order valence-corrected chi connectivity index (χ2v) is 4.86. The molecule has 0 amide bonds. The quantitative estimate of drug-likeness (QED) is 0.800. The molecule has 0 radical (unpaired) electrons. The Balaban J connectivity index is 2.86. The van der Waals surface area contributed by atoms with Gasteiger partial charge in [-0.2, -0.15) is 0 Å². The van der Waals surface area contributed by atoms with Crippen LogP contribution in [-0.4, -0.2) is 11.2 Å². The fourth-order valence-corrected chi connectivity index (χ4v) is 1.71. The Morgan fingerprint density at radius 1 is 1.17 bits per heavy atom. The summed E-state index contributed by atoms with van der Waals surface area (Å²) in [5.41, 5.74) is 5.31. The van der Waals surface area contributed by atoms with Crippen LogP contribution in [0.25, 0.3) is 0 Å². The number of benzene rings is 1. The van der Waals surface area contributed by atoms with Gasteiger partial charge in [0.15, 0.2) is 11.6 Å². The zero-order valence-corrected chi connectivity index (χ0v) is 10.5. The predicted octanol–water partition coefficient (Wildman–Crippen LogP) is 2.90. The summed E-state index contributed by atoms with van der Waals surface area (Å²) in [5, 5.41) is 9.79. The number of rotatable bonds is 5. The van der Waals surface area contributed by atoms with Gasteiger partial charge < -0.3 is 10.8 Å². The normalized spacial score (nSPS) is 14.9. The van der Waals surface area contributed by atoms with Crippen molar-refractivity contribution in [1.29, 1.82) is 0 Å². The van der Waals surface area contributed by atoms with E-state index < -0.39 is 29.6 Å². The fourth-order valence-electron chi connectivity index (χ4n) is 1.71. The van der Waals surface area contributed by atoms with Crippen LogP contribution < -0.4 is 5.73 Å². The first-order valence-corrected chi connectivity index (χ1v) is 5.91. The number of halogens is 3. The van der Waals surface area contributed by atoms with Gasteiger partial charge in [-0.1, -0.05) is 13.8 Å². The summed E-state index contributed by atoms with van der Waals surface area (Å²) in [6, 6.07) is 0.141. The molecule has 0 aromatic heterocycles. The monoisotopic (exact) mass is 261 g/mol. The minimum absolute atomic E-state index is 0.330. The fraction of sp³-hybridized carbons (Fsp3) is 0.538. The van der Waals surface area contributed by atoms with Crippen LogP contribution in [0.15, 0.2) is 12.1 Å². The molecule has 0 spiro atoms. The second-order valence-electron chi connectivity index (χ2n) is 4.86. The van der Waals surface area contributed by atoms with Gasteiger partial charge in [0, 0.05) is 11.6 Å². The average molecular weight is 261 g/mol. The number of aliphatic hydroxyl groups excluding tert-OH is 1. The molecule has 0 heterocycles. The van der Waals surface area contributed by atoms with Crippen molar-refractivity contribution in [2.45, 2.75) is 38.8 Å². The molecule has 3 N–H and O–H groups in total. The number of nitrogens with two attached hydrogens (primary N) is 1. The summed E-state index contributed by atoms with van der Waals surface area (Å²) < 4.78 is 39.5. The van der Waals surface area contributed by atoms with Crippen molar-refractivity contribution in [3.63, 3.8) is 0 Å². The molecule has 0 saturated carbocycles. The van der Waals surface area contributed by atoms with Crippen molar-refractivity contribution in [2.24, 2.45) is 11.7 Å². The first-order chi connectivity index (χ1) is 8.32. The summed E-state index contributed by atoms with van der Waals surface area (Å²) in [6.45, 7) is 3.95. The molecule has 18 heavy (non-hydrogen) atoms. The van der Waals surface area contributed by atoms with Gasteiger partial charge in [-0.15, -0.1) is 0 Å². The van der Waals surface area contributed by atoms with Crippen molar-refractivity contribution in [3.8, 4) is 0 Å². The Morgan fingerprint density at radius 3 is 2.33 bits per heavy atom. The molecule has 0 saturated heterocycles. The second kappa shape index (κ2) is 6.20. The van der Waals surface area contributed by atoms with Crippen molar-refractivity contribution in [3.05, 3.63) is 35.1 Å². The first-order valence-electron chi connectivity index (χ1n) is 5.91. The summed E-state index contributed by atoms with van der Waals surface area (Å²) >= 11 is 0. The summed E-state index contributed by atoms with van der Waals surface area (Å²) in [7, 11) is 0. The van der Waals surface area contributed by atoms with Gasteiger partial charge in [0.05, 0.1) is 12.1 Å². The van der Waals surface area contributed by atoms with E-state index in [-0.39, 0.29) is 5.56 Å². The van der Waals surface area contributed by atoms with Crippen LogP contribution in [0.1, 0.15) is 38.3 Å². The highest BCUT2D eigenvalue weighted by atomic mass is 19.2. The van der Waals surface area contributed by atoms with E-state index in [0.29, 0.717) is 24.8 Å². The molecule has 0 aliphatic heterocycles. The highest BCUT2D eigenvalue weighted by Crippen LogP contribution is 2.24. The molecule has 1 aromatic rings. The lowest BCUT2D eigenvalue weighted by Gasteiger charge is -2.20. The first kappa shape index (κ1) is 15.0. The Labute approximate surface area is 105 Å². The average Bonchev–Trinajstić information content (AvgIpc) is 2.29. The molecule has 0 fully saturated rings. The Kier molecular flexibility index (Phi) is 5.16. The molecule has 2 nitrogen and oxygen atoms in total. The van der Waals surface area contributed by atoms with Crippen LogP contribution in [0.4, 0.5) is 13.2 Å². The smallest absolute Gasteiger partial charge is 0.163 e. The Bertz CT molecular complexity index is 409. The lowest BCUT2D eigenvalue weighted by Crippen LogP contribution is -2.28. The standard InChI is InChI=1S/C13H18F3NO/c1-7(2)3-4-11(18)13(17)9-5-8(14)6-10(15)12(9)16/h5-7,11,13,18H,3-4,17H2,1-2H3/t11-,13+/m0/s1. The van der Waals surface area contributed by atoms with E-state index in [0.717, 1.165) is 6.07 Å². The van der Waals surface area contributed by atoms with E-state index >= 15 is 0 Å². The molecular weight excluding hydrogens is 243 g/mol. The maximum Gasteiger partial charge on any atom is 0.163 e. The van der Waals surface area contributed by atoms with E-state index in [4.69, 9.17) is 5.73 Å². The number of hydrogen-bond acceptors (Lipinski definition) is 2. The maximum atomic E-state index is 13.5. The van der Waals surface area contributed by atoms with E-state index in [1.54, 1.807) is 0 Å². The summed E-state index contributed by atoms with van der Waals surface area (Å²) in [6.07, 6.45) is 0.0353. The van der Waals surface area contributed by atoms with Crippen molar-refractivity contribution in [1.82, 2.24) is 0 Å². The third-order valence-electron chi connectivity index (χ3n) is 2.83. The van der Waals surface area contributed by atoms with Gasteiger partial charge >= 0.3 is 0 Å². The molecule has 0 aliphatic carbocycles. The van der Waals surface area contributed by atoms with E-state index in [1.807, 2.05) is 13.8 Å². The van der Waals surface area contributed by atoms with E-state index in [2.05, 4.69) is 0 Å². The molecule has 1 aromatic carbocycles. The SMILES string of the molecule is CC(C)CC[C@H](O)[C@H](N)c1cc(F)cc(F)c1F. The molecule has 0 aliphatic rings. The summed E-state index contributed by atoms with van der Waals surface area (Å²) in [4.78, 5) is 0. The van der Waals surface area contributed by atoms with Crippen LogP contribution in [0.5, 0.6) is 0 Å². The van der Waals surface area contributed by atoms with Crippen molar-refractivity contribution >= 4 is 0 Å².